The average Bonchev–Trinajstić information content (AvgIpc) is 3.86. The van der Waals surface area contributed by atoms with E-state index in [-0.39, 0.29) is 77.2 Å². The van der Waals surface area contributed by atoms with Gasteiger partial charge >= 0.3 is 52.4 Å². The normalized spacial score (nSPS) is 9.96. The molecule has 0 saturated heterocycles. The van der Waals surface area contributed by atoms with Crippen LogP contribution in [0.4, 0.5) is 0 Å². The minimum Gasteiger partial charge on any atom is -1.00 e. The van der Waals surface area contributed by atoms with E-state index in [1.54, 1.807) is 0 Å². The first kappa shape index (κ1) is 41.1. The zero-order valence-corrected chi connectivity index (χ0v) is 34.5. The van der Waals surface area contributed by atoms with Gasteiger partial charge in [0.05, 0.1) is 0 Å². The second kappa shape index (κ2) is 19.3. The van der Waals surface area contributed by atoms with Crippen molar-refractivity contribution in [2.75, 3.05) is 0 Å². The third-order valence-corrected chi connectivity index (χ3v) is 8.57. The van der Waals surface area contributed by atoms with E-state index >= 15 is 0 Å². The van der Waals surface area contributed by atoms with E-state index in [9.17, 15) is 0 Å². The Bertz CT molecular complexity index is 2180. The van der Waals surface area contributed by atoms with Gasteiger partial charge in [-0.3, -0.25) is 0 Å². The van der Waals surface area contributed by atoms with Gasteiger partial charge in [-0.05, 0) is 0 Å². The molecule has 0 aliphatic rings. The quantitative estimate of drug-likeness (QED) is 0.142. The fourth-order valence-electron chi connectivity index (χ4n) is 6.42. The number of fused-ring (bicyclic) bond motifs is 8. The largest absolute Gasteiger partial charge is 2.00 e. The fraction of sp³-hybridized carbons (Fsp3) is 0.0435. The van der Waals surface area contributed by atoms with Gasteiger partial charge in [0.25, 0.3) is 0 Å². The Morgan fingerprint density at radius 2 is 0.540 bits per heavy atom. The van der Waals surface area contributed by atoms with Crippen LogP contribution in [0.3, 0.4) is 0 Å². The Labute approximate surface area is 345 Å². The van der Waals surface area contributed by atoms with Gasteiger partial charge < -0.3 is 24.8 Å². The Kier molecular flexibility index (Phi) is 15.8. The van der Waals surface area contributed by atoms with Gasteiger partial charge in [0.1, 0.15) is 0 Å². The molecule has 4 heteroatoms. The molecular weight excluding hydrogens is 806 g/mol. The number of benzene rings is 6. The molecule has 0 fully saturated rings. The molecule has 10 aromatic rings. The molecule has 0 radical (unpaired) electrons. The van der Waals surface area contributed by atoms with Crippen LogP contribution >= 0.6 is 0 Å². The maximum absolute atomic E-state index is 2.24. The summed E-state index contributed by atoms with van der Waals surface area (Å²) in [6, 6.07) is 64.2. The van der Waals surface area contributed by atoms with Gasteiger partial charge in [0, 0.05) is 0 Å². The van der Waals surface area contributed by atoms with Crippen LogP contribution in [0.5, 0.6) is 0 Å². The molecule has 0 unspecified atom stereocenters. The Morgan fingerprint density at radius 3 is 0.820 bits per heavy atom. The summed E-state index contributed by atoms with van der Waals surface area (Å²) in [6.45, 7) is 4.25. The van der Waals surface area contributed by atoms with E-state index in [4.69, 9.17) is 0 Å². The van der Waals surface area contributed by atoms with Crippen LogP contribution in [0.2, 0.25) is 0 Å². The number of rotatable bonds is 0. The van der Waals surface area contributed by atoms with Crippen molar-refractivity contribution in [3.8, 4) is 0 Å². The van der Waals surface area contributed by atoms with Crippen LogP contribution in [0.25, 0.3) is 64.6 Å². The minimum atomic E-state index is 0. The van der Waals surface area contributed by atoms with Gasteiger partial charge in [-0.2, -0.15) is 12.1 Å². The molecule has 0 spiro atoms. The monoisotopic (exact) mass is 838 g/mol. The molecule has 0 amide bonds. The first-order chi connectivity index (χ1) is 22.6. The second-order valence-corrected chi connectivity index (χ2v) is 12.0. The summed E-state index contributed by atoms with van der Waals surface area (Å²) in [5.41, 5.74) is 2.70. The van der Waals surface area contributed by atoms with E-state index in [1.165, 1.54) is 75.8 Å². The standard InChI is InChI=1S/2C13H9.2C10H9.2ClH.2Zr/c2*1-3-7-12-10(5-1)9-11-6-2-4-8-13(11)12;2*1-8-6-9-4-2-3-5-10(9)7-8;;;;/h2*1-9H;2*2-7H,1H3;2*1H;;/q4*-1;;;2*+2/p-2. The van der Waals surface area contributed by atoms with Crippen molar-refractivity contribution in [3.63, 3.8) is 0 Å². The maximum atomic E-state index is 2.24. The number of halogens is 2. The van der Waals surface area contributed by atoms with Crippen LogP contribution in [0.1, 0.15) is 11.1 Å². The number of hydrogen-bond donors (Lipinski definition) is 0. The Balaban J connectivity index is 0.000000177. The summed E-state index contributed by atoms with van der Waals surface area (Å²) in [5, 5.41) is 16.2. The van der Waals surface area contributed by atoms with Crippen molar-refractivity contribution >= 4 is 64.6 Å². The van der Waals surface area contributed by atoms with Gasteiger partial charge in [0.15, 0.2) is 0 Å². The Hall–Kier alpha value is -3.37. The van der Waals surface area contributed by atoms with Gasteiger partial charge in [-0.1, -0.05) is 98.8 Å². The van der Waals surface area contributed by atoms with Crippen molar-refractivity contribution in [3.05, 3.63) is 193 Å². The third-order valence-electron chi connectivity index (χ3n) is 8.57. The maximum Gasteiger partial charge on any atom is 2.00 e. The fourth-order valence-corrected chi connectivity index (χ4v) is 6.42. The zero-order chi connectivity index (χ0) is 31.3. The summed E-state index contributed by atoms with van der Waals surface area (Å²) in [7, 11) is 0. The molecule has 0 nitrogen and oxygen atoms in total. The molecule has 10 aromatic carbocycles. The predicted molar refractivity (Wildman–Crippen MR) is 203 cm³/mol. The molecule has 0 bridgehead atoms. The van der Waals surface area contributed by atoms with Crippen LogP contribution in [0, 0.1) is 13.8 Å². The van der Waals surface area contributed by atoms with Crippen LogP contribution in [-0.2, 0) is 52.4 Å². The second-order valence-electron chi connectivity index (χ2n) is 12.0. The van der Waals surface area contributed by atoms with Crippen LogP contribution in [0.15, 0.2) is 182 Å². The predicted octanol–water partition coefficient (Wildman–Crippen LogP) is 7.16. The summed E-state index contributed by atoms with van der Waals surface area (Å²) in [4.78, 5) is 0. The van der Waals surface area contributed by atoms with E-state index in [1.807, 2.05) is 0 Å². The molecular formula is C46H36Cl2Zr2-2. The minimum absolute atomic E-state index is 0. The average molecular weight is 842 g/mol. The summed E-state index contributed by atoms with van der Waals surface area (Å²) in [5.74, 6) is 0. The van der Waals surface area contributed by atoms with Gasteiger partial charge in [0.2, 0.25) is 0 Å². The van der Waals surface area contributed by atoms with Crippen LogP contribution in [-0.4, -0.2) is 0 Å². The van der Waals surface area contributed by atoms with E-state index in [0.717, 1.165) is 0 Å². The van der Waals surface area contributed by atoms with Crippen molar-refractivity contribution < 1.29 is 77.2 Å². The smallest absolute Gasteiger partial charge is 1.00 e. The first-order valence-electron chi connectivity index (χ1n) is 15.9. The van der Waals surface area contributed by atoms with E-state index in [0.29, 0.717) is 0 Å². The molecule has 10 rings (SSSR count). The van der Waals surface area contributed by atoms with Gasteiger partial charge in [-0.15, -0.1) is 161 Å². The van der Waals surface area contributed by atoms with Crippen molar-refractivity contribution in [1.82, 2.24) is 0 Å². The van der Waals surface area contributed by atoms with Crippen molar-refractivity contribution in [1.29, 1.82) is 0 Å². The first-order valence-corrected chi connectivity index (χ1v) is 15.9. The molecule has 0 N–H and O–H groups in total. The van der Waals surface area contributed by atoms with Crippen molar-refractivity contribution in [2.45, 2.75) is 13.8 Å². The summed E-state index contributed by atoms with van der Waals surface area (Å²) >= 11 is 0. The number of aryl methyl sites for hydroxylation is 2. The molecule has 0 aromatic heterocycles. The molecule has 50 heavy (non-hydrogen) atoms. The molecule has 0 saturated carbocycles. The van der Waals surface area contributed by atoms with E-state index < -0.39 is 0 Å². The summed E-state index contributed by atoms with van der Waals surface area (Å²) in [6.07, 6.45) is 0. The van der Waals surface area contributed by atoms with Crippen molar-refractivity contribution in [2.24, 2.45) is 0 Å². The third kappa shape index (κ3) is 9.49. The molecule has 244 valence electrons. The Morgan fingerprint density at radius 1 is 0.300 bits per heavy atom. The molecule has 0 atom stereocenters. The van der Waals surface area contributed by atoms with E-state index in [2.05, 4.69) is 196 Å². The SMILES string of the molecule is Cc1cc2ccccc2[cH-]1.Cc1cc2ccccc2[cH-]1.[Cl-].[Cl-].[Zr+2].[Zr+2].c1ccc2c(c1)[cH-]c1ccccc12.c1ccc2c(c1)[cH-]c1ccccc12. The number of hydrogen-bond acceptors (Lipinski definition) is 0. The molecule has 0 heterocycles. The summed E-state index contributed by atoms with van der Waals surface area (Å²) < 4.78 is 0. The molecule has 0 aliphatic carbocycles. The molecule has 0 aliphatic heterocycles. The zero-order valence-electron chi connectivity index (χ0n) is 28.1. The van der Waals surface area contributed by atoms with Crippen LogP contribution < -0.4 is 24.8 Å². The van der Waals surface area contributed by atoms with Gasteiger partial charge in [-0.25, -0.2) is 0 Å². The topological polar surface area (TPSA) is 0 Å².